The van der Waals surface area contributed by atoms with Gasteiger partial charge in [-0.15, -0.1) is 10.2 Å². The maximum atomic E-state index is 11.9. The lowest BCUT2D eigenvalue weighted by Crippen LogP contribution is -2.27. The Hall–Kier alpha value is -1.92. The van der Waals surface area contributed by atoms with Crippen LogP contribution in [-0.4, -0.2) is 48.2 Å². The lowest BCUT2D eigenvalue weighted by Gasteiger charge is -2.08. The lowest BCUT2D eigenvalue weighted by molar-refractivity contribution is 0.0918. The van der Waals surface area contributed by atoms with Gasteiger partial charge in [0.05, 0.1) is 10.6 Å². The molecule has 0 aliphatic heterocycles. The summed E-state index contributed by atoms with van der Waals surface area (Å²) < 4.78 is 5.36. The van der Waals surface area contributed by atoms with Crippen molar-refractivity contribution in [3.05, 3.63) is 35.2 Å². The van der Waals surface area contributed by atoms with Crippen molar-refractivity contribution in [3.8, 4) is 11.5 Å². The molecule has 0 saturated heterocycles. The van der Waals surface area contributed by atoms with Crippen molar-refractivity contribution in [2.75, 3.05) is 27.2 Å². The van der Waals surface area contributed by atoms with Gasteiger partial charge in [-0.05, 0) is 39.2 Å². The fourth-order valence-corrected chi connectivity index (χ4v) is 1.95. The SMILES string of the molecule is CN(C)CCCNC(=O)c1nnc(-c2ccccc2Cl)o1. The van der Waals surface area contributed by atoms with Crippen molar-refractivity contribution in [2.45, 2.75) is 6.42 Å². The van der Waals surface area contributed by atoms with E-state index in [4.69, 9.17) is 16.0 Å². The van der Waals surface area contributed by atoms with Crippen LogP contribution in [0.4, 0.5) is 0 Å². The minimum atomic E-state index is -0.375. The highest BCUT2D eigenvalue weighted by Crippen LogP contribution is 2.26. The summed E-state index contributed by atoms with van der Waals surface area (Å²) >= 11 is 6.05. The monoisotopic (exact) mass is 308 g/mol. The number of benzene rings is 1. The van der Waals surface area contributed by atoms with Gasteiger partial charge in [0.25, 0.3) is 0 Å². The first kappa shape index (κ1) is 15.5. The molecule has 2 aromatic rings. The number of hydrogen-bond donors (Lipinski definition) is 1. The third-order valence-corrected chi connectivity index (χ3v) is 3.12. The van der Waals surface area contributed by atoms with Crippen LogP contribution in [0.3, 0.4) is 0 Å². The number of nitrogens with one attached hydrogen (secondary N) is 1. The van der Waals surface area contributed by atoms with Crippen molar-refractivity contribution in [2.24, 2.45) is 0 Å². The molecule has 0 fully saturated rings. The first-order valence-corrected chi connectivity index (χ1v) is 6.97. The Kier molecular flexibility index (Phi) is 5.30. The number of nitrogens with zero attached hydrogens (tertiary/aromatic N) is 3. The Labute approximate surface area is 128 Å². The summed E-state index contributed by atoms with van der Waals surface area (Å²) in [5.41, 5.74) is 0.610. The van der Waals surface area contributed by atoms with Gasteiger partial charge in [-0.1, -0.05) is 23.7 Å². The molecule has 0 bridgehead atoms. The van der Waals surface area contributed by atoms with Crippen LogP contribution in [0.5, 0.6) is 0 Å². The molecule has 112 valence electrons. The van der Waals surface area contributed by atoms with Crippen LogP contribution in [0, 0.1) is 0 Å². The van der Waals surface area contributed by atoms with Gasteiger partial charge in [0.1, 0.15) is 0 Å². The summed E-state index contributed by atoms with van der Waals surface area (Å²) in [6, 6.07) is 7.10. The lowest BCUT2D eigenvalue weighted by atomic mass is 10.2. The average Bonchev–Trinajstić information content (AvgIpc) is 2.93. The average molecular weight is 309 g/mol. The molecule has 0 atom stereocenters. The van der Waals surface area contributed by atoms with Gasteiger partial charge < -0.3 is 14.6 Å². The van der Waals surface area contributed by atoms with Gasteiger partial charge in [0.15, 0.2) is 0 Å². The molecule has 1 aromatic carbocycles. The normalized spacial score (nSPS) is 10.9. The largest absolute Gasteiger partial charge is 0.412 e. The fraction of sp³-hybridized carbons (Fsp3) is 0.357. The van der Waals surface area contributed by atoms with Crippen LogP contribution in [0.2, 0.25) is 5.02 Å². The predicted octanol–water partition coefficient (Wildman–Crippen LogP) is 2.07. The highest BCUT2D eigenvalue weighted by molar-refractivity contribution is 6.33. The summed E-state index contributed by atoms with van der Waals surface area (Å²) in [4.78, 5) is 13.9. The van der Waals surface area contributed by atoms with Crippen molar-refractivity contribution >= 4 is 17.5 Å². The van der Waals surface area contributed by atoms with Gasteiger partial charge in [-0.25, -0.2) is 0 Å². The van der Waals surface area contributed by atoms with Crippen LogP contribution < -0.4 is 5.32 Å². The quantitative estimate of drug-likeness (QED) is 0.827. The molecule has 21 heavy (non-hydrogen) atoms. The smallest absolute Gasteiger partial charge is 0.308 e. The molecule has 2 rings (SSSR count). The summed E-state index contributed by atoms with van der Waals surface area (Å²) in [5, 5.41) is 10.8. The molecule has 0 spiro atoms. The Morgan fingerprint density at radius 2 is 2.10 bits per heavy atom. The van der Waals surface area contributed by atoms with Gasteiger partial charge in [-0.2, -0.15) is 0 Å². The molecular weight excluding hydrogens is 292 g/mol. The van der Waals surface area contributed by atoms with E-state index in [0.717, 1.165) is 13.0 Å². The molecule has 0 unspecified atom stereocenters. The second kappa shape index (κ2) is 7.19. The fourth-order valence-electron chi connectivity index (χ4n) is 1.73. The predicted molar refractivity (Wildman–Crippen MR) is 80.2 cm³/mol. The van der Waals surface area contributed by atoms with Crippen LogP contribution in [0.15, 0.2) is 28.7 Å². The van der Waals surface area contributed by atoms with Crippen LogP contribution in [0.25, 0.3) is 11.5 Å². The summed E-state index contributed by atoms with van der Waals surface area (Å²) in [6.45, 7) is 1.45. The van der Waals surface area contributed by atoms with E-state index in [1.807, 2.05) is 25.1 Å². The molecule has 0 saturated carbocycles. The zero-order valence-corrected chi connectivity index (χ0v) is 12.7. The van der Waals surface area contributed by atoms with Gasteiger partial charge >= 0.3 is 11.8 Å². The highest BCUT2D eigenvalue weighted by atomic mass is 35.5. The molecular formula is C14H17ClN4O2. The van der Waals surface area contributed by atoms with E-state index < -0.39 is 0 Å². The number of hydrogen-bond acceptors (Lipinski definition) is 5. The molecule has 6 nitrogen and oxygen atoms in total. The Morgan fingerprint density at radius 1 is 1.33 bits per heavy atom. The summed E-state index contributed by atoms with van der Waals surface area (Å²) in [5.74, 6) is -0.201. The molecule has 0 aliphatic rings. The van der Waals surface area contributed by atoms with E-state index in [9.17, 15) is 4.79 Å². The molecule has 1 amide bonds. The number of carbonyl (C=O) groups excluding carboxylic acids is 1. The Bertz CT molecular complexity index is 613. The minimum absolute atomic E-state index is 0.0604. The van der Waals surface area contributed by atoms with Crippen LogP contribution in [0.1, 0.15) is 17.1 Å². The first-order valence-electron chi connectivity index (χ1n) is 6.59. The van der Waals surface area contributed by atoms with E-state index in [-0.39, 0.29) is 17.7 Å². The molecule has 0 aliphatic carbocycles. The molecule has 0 radical (unpaired) electrons. The van der Waals surface area contributed by atoms with Crippen molar-refractivity contribution in [1.29, 1.82) is 0 Å². The summed E-state index contributed by atoms with van der Waals surface area (Å²) in [7, 11) is 3.96. The van der Waals surface area contributed by atoms with E-state index in [2.05, 4.69) is 15.5 Å². The van der Waals surface area contributed by atoms with Gasteiger partial charge in [-0.3, -0.25) is 4.79 Å². The minimum Gasteiger partial charge on any atom is -0.412 e. The number of aromatic nitrogens is 2. The van der Waals surface area contributed by atoms with E-state index >= 15 is 0 Å². The zero-order chi connectivity index (χ0) is 15.2. The number of amides is 1. The number of halogens is 1. The third-order valence-electron chi connectivity index (χ3n) is 2.79. The van der Waals surface area contributed by atoms with E-state index in [0.29, 0.717) is 17.1 Å². The maximum absolute atomic E-state index is 11.9. The first-order chi connectivity index (χ1) is 10.1. The van der Waals surface area contributed by atoms with E-state index in [1.165, 1.54) is 0 Å². The van der Waals surface area contributed by atoms with Gasteiger partial charge in [0.2, 0.25) is 5.89 Å². The molecule has 1 aromatic heterocycles. The Morgan fingerprint density at radius 3 is 2.81 bits per heavy atom. The van der Waals surface area contributed by atoms with Crippen molar-refractivity contribution in [3.63, 3.8) is 0 Å². The maximum Gasteiger partial charge on any atom is 0.308 e. The second-order valence-electron chi connectivity index (χ2n) is 4.80. The number of rotatable bonds is 6. The highest BCUT2D eigenvalue weighted by Gasteiger charge is 2.16. The molecule has 1 N–H and O–H groups in total. The number of carbonyl (C=O) groups is 1. The van der Waals surface area contributed by atoms with E-state index in [1.54, 1.807) is 18.2 Å². The topological polar surface area (TPSA) is 71.3 Å². The van der Waals surface area contributed by atoms with Gasteiger partial charge in [0, 0.05) is 6.54 Å². The third kappa shape index (κ3) is 4.27. The van der Waals surface area contributed by atoms with Crippen LogP contribution in [-0.2, 0) is 0 Å². The van der Waals surface area contributed by atoms with Crippen LogP contribution >= 0.6 is 11.6 Å². The second-order valence-corrected chi connectivity index (χ2v) is 5.21. The standard InChI is InChI=1S/C14H17ClN4O2/c1-19(2)9-5-8-16-12(20)14-18-17-13(21-14)10-6-3-4-7-11(10)15/h3-4,6-7H,5,8-9H2,1-2H3,(H,16,20). The Balaban J connectivity index is 1.97. The molecule has 1 heterocycles. The zero-order valence-electron chi connectivity index (χ0n) is 12.0. The van der Waals surface area contributed by atoms with Crippen molar-refractivity contribution in [1.82, 2.24) is 20.4 Å². The summed E-state index contributed by atoms with van der Waals surface area (Å²) in [6.07, 6.45) is 0.851. The molecule has 7 heteroatoms. The van der Waals surface area contributed by atoms with Crippen molar-refractivity contribution < 1.29 is 9.21 Å².